The van der Waals surface area contributed by atoms with E-state index in [1.54, 1.807) is 17.0 Å². The summed E-state index contributed by atoms with van der Waals surface area (Å²) in [5, 5.41) is 0. The van der Waals surface area contributed by atoms with Gasteiger partial charge in [-0.25, -0.2) is 4.98 Å². The van der Waals surface area contributed by atoms with Crippen molar-refractivity contribution in [3.63, 3.8) is 0 Å². The quantitative estimate of drug-likeness (QED) is 0.839. The van der Waals surface area contributed by atoms with Crippen LogP contribution in [0.15, 0.2) is 17.2 Å². The molecule has 0 amide bonds. The van der Waals surface area contributed by atoms with Crippen molar-refractivity contribution < 1.29 is 4.74 Å². The Labute approximate surface area is 101 Å². The van der Waals surface area contributed by atoms with Gasteiger partial charge >= 0.3 is 5.56 Å². The Bertz CT molecular complexity index is 436. The maximum Gasteiger partial charge on any atom is 0.313 e. The molecule has 2 N–H and O–H groups in total. The molecule has 1 heterocycles. The summed E-state index contributed by atoms with van der Waals surface area (Å²) in [6.45, 7) is 4.82. The second-order valence-electron chi connectivity index (χ2n) is 5.06. The van der Waals surface area contributed by atoms with E-state index in [9.17, 15) is 4.79 Å². The third kappa shape index (κ3) is 2.85. The van der Waals surface area contributed by atoms with Crippen LogP contribution in [-0.4, -0.2) is 21.7 Å². The Morgan fingerprint density at radius 1 is 1.59 bits per heavy atom. The van der Waals surface area contributed by atoms with Crippen molar-refractivity contribution in [3.05, 3.63) is 22.7 Å². The molecule has 0 aliphatic heterocycles. The van der Waals surface area contributed by atoms with Crippen LogP contribution in [0.4, 0.5) is 0 Å². The molecule has 0 atom stereocenters. The van der Waals surface area contributed by atoms with Gasteiger partial charge in [0.15, 0.2) is 0 Å². The second kappa shape index (κ2) is 4.87. The van der Waals surface area contributed by atoms with Crippen molar-refractivity contribution in [2.24, 2.45) is 11.7 Å². The number of hydrogen-bond donors (Lipinski definition) is 1. The van der Waals surface area contributed by atoms with Gasteiger partial charge in [0.1, 0.15) is 6.10 Å². The van der Waals surface area contributed by atoms with E-state index < -0.39 is 0 Å². The van der Waals surface area contributed by atoms with Gasteiger partial charge in [0.25, 0.3) is 5.88 Å². The SMILES string of the molecule is CC(C)Cn1ccnc(OC2CC(N)C2)c1=O. The lowest BCUT2D eigenvalue weighted by atomic mass is 9.90. The highest BCUT2D eigenvalue weighted by molar-refractivity contribution is 5.06. The number of ether oxygens (including phenoxy) is 1. The van der Waals surface area contributed by atoms with Crippen LogP contribution in [0.2, 0.25) is 0 Å². The largest absolute Gasteiger partial charge is 0.470 e. The molecule has 0 saturated heterocycles. The fourth-order valence-corrected chi connectivity index (χ4v) is 1.91. The van der Waals surface area contributed by atoms with E-state index in [1.807, 2.05) is 0 Å². The second-order valence-corrected chi connectivity index (χ2v) is 5.06. The monoisotopic (exact) mass is 237 g/mol. The van der Waals surface area contributed by atoms with Gasteiger partial charge in [-0.3, -0.25) is 4.79 Å². The molecule has 1 aliphatic carbocycles. The van der Waals surface area contributed by atoms with E-state index in [0.29, 0.717) is 12.5 Å². The van der Waals surface area contributed by atoms with Gasteiger partial charge in [0.05, 0.1) is 0 Å². The highest BCUT2D eigenvalue weighted by atomic mass is 16.5. The van der Waals surface area contributed by atoms with Gasteiger partial charge in [0, 0.05) is 25.0 Å². The maximum atomic E-state index is 12.0. The van der Waals surface area contributed by atoms with E-state index in [-0.39, 0.29) is 23.6 Å². The van der Waals surface area contributed by atoms with Crippen molar-refractivity contribution in [1.82, 2.24) is 9.55 Å². The first kappa shape index (κ1) is 12.1. The molecule has 0 bridgehead atoms. The Morgan fingerprint density at radius 3 is 2.88 bits per heavy atom. The van der Waals surface area contributed by atoms with Crippen LogP contribution in [0, 0.1) is 5.92 Å². The number of rotatable bonds is 4. The van der Waals surface area contributed by atoms with Crippen molar-refractivity contribution in [3.8, 4) is 5.88 Å². The predicted molar refractivity (Wildman–Crippen MR) is 65.0 cm³/mol. The summed E-state index contributed by atoms with van der Waals surface area (Å²) in [4.78, 5) is 16.0. The number of hydrogen-bond acceptors (Lipinski definition) is 4. The summed E-state index contributed by atoms with van der Waals surface area (Å²) in [6, 6.07) is 0.210. The smallest absolute Gasteiger partial charge is 0.313 e. The van der Waals surface area contributed by atoms with Crippen molar-refractivity contribution >= 4 is 0 Å². The zero-order valence-corrected chi connectivity index (χ0v) is 10.3. The molecule has 5 heteroatoms. The van der Waals surface area contributed by atoms with E-state index in [2.05, 4.69) is 18.8 Å². The zero-order chi connectivity index (χ0) is 12.4. The van der Waals surface area contributed by atoms with E-state index in [0.717, 1.165) is 12.8 Å². The Morgan fingerprint density at radius 2 is 2.29 bits per heavy atom. The topological polar surface area (TPSA) is 70.1 Å². The number of nitrogens with zero attached hydrogens (tertiary/aromatic N) is 2. The van der Waals surface area contributed by atoms with Gasteiger partial charge in [-0.2, -0.15) is 0 Å². The van der Waals surface area contributed by atoms with Crippen molar-refractivity contribution in [1.29, 1.82) is 0 Å². The van der Waals surface area contributed by atoms with Crippen LogP contribution in [-0.2, 0) is 6.54 Å². The molecule has 1 aliphatic rings. The summed E-state index contributed by atoms with van der Waals surface area (Å²) in [6.07, 6.45) is 4.97. The zero-order valence-electron chi connectivity index (χ0n) is 10.3. The van der Waals surface area contributed by atoms with Crippen LogP contribution in [0.1, 0.15) is 26.7 Å². The van der Waals surface area contributed by atoms with Crippen LogP contribution in [0.25, 0.3) is 0 Å². The fourth-order valence-electron chi connectivity index (χ4n) is 1.91. The van der Waals surface area contributed by atoms with Crippen LogP contribution >= 0.6 is 0 Å². The molecule has 2 rings (SSSR count). The summed E-state index contributed by atoms with van der Waals surface area (Å²) in [7, 11) is 0. The predicted octanol–water partition coefficient (Wildman–Crippen LogP) is 0.768. The minimum Gasteiger partial charge on any atom is -0.470 e. The van der Waals surface area contributed by atoms with Gasteiger partial charge in [-0.1, -0.05) is 13.8 Å². The molecular weight excluding hydrogens is 218 g/mol. The third-order valence-electron chi connectivity index (χ3n) is 2.85. The van der Waals surface area contributed by atoms with E-state index in [1.165, 1.54) is 0 Å². The van der Waals surface area contributed by atoms with Crippen molar-refractivity contribution in [2.45, 2.75) is 45.4 Å². The van der Waals surface area contributed by atoms with Gasteiger partial charge < -0.3 is 15.0 Å². The Balaban J connectivity index is 2.09. The lowest BCUT2D eigenvalue weighted by molar-refractivity contribution is 0.0931. The Hall–Kier alpha value is -1.36. The lowest BCUT2D eigenvalue weighted by Gasteiger charge is -2.31. The summed E-state index contributed by atoms with van der Waals surface area (Å²) in [5.74, 6) is 0.616. The molecule has 0 unspecified atom stereocenters. The lowest BCUT2D eigenvalue weighted by Crippen LogP contribution is -2.44. The molecule has 1 aromatic heterocycles. The highest BCUT2D eigenvalue weighted by Crippen LogP contribution is 2.21. The number of aromatic nitrogens is 2. The molecule has 1 saturated carbocycles. The van der Waals surface area contributed by atoms with Crippen LogP contribution in [0.3, 0.4) is 0 Å². The van der Waals surface area contributed by atoms with E-state index in [4.69, 9.17) is 10.5 Å². The minimum atomic E-state index is -0.151. The summed E-state index contributed by atoms with van der Waals surface area (Å²) in [5.41, 5.74) is 5.52. The standard InChI is InChI=1S/C12H19N3O2/c1-8(2)7-15-4-3-14-11(12(15)16)17-10-5-9(13)6-10/h3-4,8-10H,5-7,13H2,1-2H3. The van der Waals surface area contributed by atoms with Crippen molar-refractivity contribution in [2.75, 3.05) is 0 Å². The normalized spacial score (nSPS) is 23.5. The fraction of sp³-hybridized carbons (Fsp3) is 0.667. The molecule has 17 heavy (non-hydrogen) atoms. The number of nitrogens with two attached hydrogens (primary N) is 1. The Kier molecular flexibility index (Phi) is 3.47. The molecule has 1 aromatic rings. The third-order valence-corrected chi connectivity index (χ3v) is 2.85. The summed E-state index contributed by atoms with van der Waals surface area (Å²) >= 11 is 0. The highest BCUT2D eigenvalue weighted by Gasteiger charge is 2.28. The summed E-state index contributed by atoms with van der Waals surface area (Å²) < 4.78 is 7.19. The minimum absolute atomic E-state index is 0.0556. The first-order valence-corrected chi connectivity index (χ1v) is 6.04. The molecule has 0 radical (unpaired) electrons. The van der Waals surface area contributed by atoms with Gasteiger partial charge in [-0.05, 0) is 18.8 Å². The molecule has 0 spiro atoms. The van der Waals surface area contributed by atoms with Crippen LogP contribution in [0.5, 0.6) is 5.88 Å². The first-order chi connectivity index (χ1) is 8.06. The maximum absolute atomic E-state index is 12.0. The molecule has 0 aromatic carbocycles. The molecular formula is C12H19N3O2. The molecule has 94 valence electrons. The first-order valence-electron chi connectivity index (χ1n) is 6.04. The van der Waals surface area contributed by atoms with Crippen LogP contribution < -0.4 is 16.0 Å². The van der Waals surface area contributed by atoms with Gasteiger partial charge in [-0.15, -0.1) is 0 Å². The van der Waals surface area contributed by atoms with Gasteiger partial charge in [0.2, 0.25) is 0 Å². The molecule has 5 nitrogen and oxygen atoms in total. The average Bonchev–Trinajstić information content (AvgIpc) is 2.21. The average molecular weight is 237 g/mol. The molecule has 1 fully saturated rings. The van der Waals surface area contributed by atoms with E-state index >= 15 is 0 Å².